The number of carbonyl (C=O) groups excluding carboxylic acids is 3. The highest BCUT2D eigenvalue weighted by molar-refractivity contribution is 5.97. The van der Waals surface area contributed by atoms with E-state index in [1.54, 1.807) is 38.5 Å². The lowest BCUT2D eigenvalue weighted by atomic mass is 10.0. The number of piperidine rings is 1. The molecule has 38 heavy (non-hydrogen) atoms. The van der Waals surface area contributed by atoms with Crippen LogP contribution in [-0.2, 0) is 9.59 Å². The number of hydrogen-bond donors (Lipinski definition) is 3. The molecule has 1 fully saturated rings. The lowest BCUT2D eigenvalue weighted by Gasteiger charge is -2.29. The zero-order chi connectivity index (χ0) is 27.2. The average Bonchev–Trinajstić information content (AvgIpc) is 3.04. The van der Waals surface area contributed by atoms with E-state index in [1.807, 2.05) is 4.90 Å². The van der Waals surface area contributed by atoms with Gasteiger partial charge in [-0.25, -0.2) is 4.98 Å². The maximum absolute atomic E-state index is 12.9. The van der Waals surface area contributed by atoms with Crippen molar-refractivity contribution in [3.63, 3.8) is 0 Å². The van der Waals surface area contributed by atoms with Crippen LogP contribution in [0.1, 0.15) is 36.0 Å². The van der Waals surface area contributed by atoms with Crippen LogP contribution in [0.2, 0.25) is 0 Å². The molecule has 1 aromatic heterocycles. The van der Waals surface area contributed by atoms with Crippen LogP contribution in [0.3, 0.4) is 0 Å². The van der Waals surface area contributed by atoms with Crippen molar-refractivity contribution >= 4 is 40.9 Å². The van der Waals surface area contributed by atoms with E-state index in [0.29, 0.717) is 54.0 Å². The number of benzene rings is 1. The van der Waals surface area contributed by atoms with Crippen LogP contribution in [0, 0.1) is 0 Å². The van der Waals surface area contributed by atoms with Crippen LogP contribution < -0.4 is 30.5 Å². The Morgan fingerprint density at radius 1 is 1.16 bits per heavy atom. The summed E-state index contributed by atoms with van der Waals surface area (Å²) in [6.07, 6.45) is 4.02. The third kappa shape index (κ3) is 6.31. The number of anilines is 4. The van der Waals surface area contributed by atoms with Crippen LogP contribution in [0.5, 0.6) is 5.75 Å². The molecule has 3 amide bonds. The molecular weight excluding hydrogens is 488 g/mol. The molecule has 4 rings (SSSR count). The summed E-state index contributed by atoms with van der Waals surface area (Å²) in [7, 11) is 6.91. The quantitative estimate of drug-likeness (QED) is 0.468. The first-order valence-electron chi connectivity index (χ1n) is 12.8. The van der Waals surface area contributed by atoms with Gasteiger partial charge in [-0.3, -0.25) is 14.4 Å². The standard InChI is InChI=1S/C26H36N8O4/c1-27-22(35)9-13-34-14-10-23(36)33(3)20-16-28-26(31-24(20)34)30-19-6-5-17(15-21(19)38-4)25(37)29-18-7-11-32(2)12-8-18/h5-6,15-16,18H,7-14H2,1-4H3,(H,27,35)(H,29,37)(H,28,30,31). The molecule has 12 heteroatoms. The normalized spacial score (nSPS) is 16.5. The topological polar surface area (TPSA) is 132 Å². The van der Waals surface area contributed by atoms with Crippen molar-refractivity contribution in [2.75, 3.05) is 69.5 Å². The summed E-state index contributed by atoms with van der Waals surface area (Å²) in [6, 6.07) is 5.35. The predicted molar refractivity (Wildman–Crippen MR) is 145 cm³/mol. The molecule has 2 aliphatic rings. The highest BCUT2D eigenvalue weighted by atomic mass is 16.5. The van der Waals surface area contributed by atoms with Gasteiger partial charge < -0.3 is 35.4 Å². The van der Waals surface area contributed by atoms with Crippen LogP contribution in [0.15, 0.2) is 24.4 Å². The Labute approximate surface area is 222 Å². The number of rotatable bonds is 8. The Hall–Kier alpha value is -3.93. The minimum atomic E-state index is -0.134. The van der Waals surface area contributed by atoms with E-state index in [-0.39, 0.29) is 30.2 Å². The second-order valence-electron chi connectivity index (χ2n) is 9.61. The lowest BCUT2D eigenvalue weighted by molar-refractivity contribution is -0.120. The molecule has 2 aromatic rings. The second-order valence-corrected chi connectivity index (χ2v) is 9.61. The van der Waals surface area contributed by atoms with Gasteiger partial charge in [0.1, 0.15) is 11.4 Å². The Kier molecular flexibility index (Phi) is 8.62. The number of nitrogens with zero attached hydrogens (tertiary/aromatic N) is 5. The lowest BCUT2D eigenvalue weighted by Crippen LogP contribution is -2.43. The van der Waals surface area contributed by atoms with Crippen LogP contribution >= 0.6 is 0 Å². The average molecular weight is 525 g/mol. The van der Waals surface area contributed by atoms with Gasteiger partial charge in [0.2, 0.25) is 17.8 Å². The van der Waals surface area contributed by atoms with E-state index in [1.165, 1.54) is 12.0 Å². The summed E-state index contributed by atoms with van der Waals surface area (Å²) in [5.41, 5.74) is 1.68. The van der Waals surface area contributed by atoms with E-state index in [0.717, 1.165) is 25.9 Å². The van der Waals surface area contributed by atoms with Crippen LogP contribution in [-0.4, -0.2) is 93.1 Å². The molecule has 12 nitrogen and oxygen atoms in total. The van der Waals surface area contributed by atoms with Gasteiger partial charge in [-0.2, -0.15) is 4.98 Å². The molecule has 0 radical (unpaired) electrons. The number of fused-ring (bicyclic) bond motifs is 1. The molecule has 0 spiro atoms. The molecule has 204 valence electrons. The fourth-order valence-corrected chi connectivity index (χ4v) is 4.59. The van der Waals surface area contributed by atoms with Crippen molar-refractivity contribution in [3.05, 3.63) is 30.0 Å². The molecule has 3 N–H and O–H groups in total. The van der Waals surface area contributed by atoms with Crippen molar-refractivity contribution in [1.82, 2.24) is 25.5 Å². The number of aromatic nitrogens is 2. The molecule has 0 bridgehead atoms. The first kappa shape index (κ1) is 27.1. The molecule has 0 unspecified atom stereocenters. The van der Waals surface area contributed by atoms with E-state index in [4.69, 9.17) is 9.72 Å². The number of carbonyl (C=O) groups is 3. The van der Waals surface area contributed by atoms with E-state index >= 15 is 0 Å². The van der Waals surface area contributed by atoms with Crippen LogP contribution in [0.4, 0.5) is 23.1 Å². The van der Waals surface area contributed by atoms with Gasteiger partial charge in [-0.1, -0.05) is 0 Å². The first-order valence-corrected chi connectivity index (χ1v) is 12.8. The molecule has 0 saturated carbocycles. The number of likely N-dealkylation sites (tertiary alicyclic amines) is 1. The Bertz CT molecular complexity index is 1180. The largest absolute Gasteiger partial charge is 0.495 e. The SMILES string of the molecule is CNC(=O)CCN1CCC(=O)N(C)c2cnc(Nc3ccc(C(=O)NC4CCN(C)CC4)cc3OC)nc21. The molecule has 3 heterocycles. The van der Waals surface area contributed by atoms with E-state index < -0.39 is 0 Å². The molecular formula is C26H36N8O4. The summed E-state index contributed by atoms with van der Waals surface area (Å²) in [5, 5.41) is 8.92. The third-order valence-electron chi connectivity index (χ3n) is 7.03. The number of nitrogens with one attached hydrogen (secondary N) is 3. The smallest absolute Gasteiger partial charge is 0.251 e. The molecule has 0 aliphatic carbocycles. The predicted octanol–water partition coefficient (Wildman–Crippen LogP) is 1.36. The first-order chi connectivity index (χ1) is 18.3. The fraction of sp³-hybridized carbons (Fsp3) is 0.500. The van der Waals surface area contributed by atoms with E-state index in [9.17, 15) is 14.4 Å². The van der Waals surface area contributed by atoms with Gasteiger partial charge in [0.25, 0.3) is 5.91 Å². The number of ether oxygens (including phenoxy) is 1. The summed E-state index contributed by atoms with van der Waals surface area (Å²) in [5.74, 6) is 1.07. The Balaban J connectivity index is 1.53. The highest BCUT2D eigenvalue weighted by Gasteiger charge is 2.26. The van der Waals surface area contributed by atoms with Crippen molar-refractivity contribution in [2.45, 2.75) is 31.7 Å². The van der Waals surface area contributed by atoms with Gasteiger partial charge in [0, 0.05) is 51.6 Å². The summed E-state index contributed by atoms with van der Waals surface area (Å²) in [4.78, 5) is 52.0. The molecule has 0 atom stereocenters. The van der Waals surface area contributed by atoms with Crippen LogP contribution in [0.25, 0.3) is 0 Å². The molecule has 1 aromatic carbocycles. The van der Waals surface area contributed by atoms with Gasteiger partial charge in [0.05, 0.1) is 19.0 Å². The summed E-state index contributed by atoms with van der Waals surface area (Å²) in [6.45, 7) is 2.78. The number of amides is 3. The number of hydrogen-bond acceptors (Lipinski definition) is 9. The zero-order valence-corrected chi connectivity index (χ0v) is 22.4. The molecule has 2 aliphatic heterocycles. The fourth-order valence-electron chi connectivity index (χ4n) is 4.59. The minimum absolute atomic E-state index is 0.0474. The van der Waals surface area contributed by atoms with Gasteiger partial charge in [-0.05, 0) is 51.2 Å². The van der Waals surface area contributed by atoms with E-state index in [2.05, 4.69) is 32.9 Å². The maximum Gasteiger partial charge on any atom is 0.251 e. The van der Waals surface area contributed by atoms with Crippen molar-refractivity contribution in [1.29, 1.82) is 0 Å². The summed E-state index contributed by atoms with van der Waals surface area (Å²) >= 11 is 0. The van der Waals surface area contributed by atoms with Crippen molar-refractivity contribution in [3.8, 4) is 5.75 Å². The zero-order valence-electron chi connectivity index (χ0n) is 22.4. The monoisotopic (exact) mass is 524 g/mol. The molecule has 1 saturated heterocycles. The maximum atomic E-state index is 12.9. The minimum Gasteiger partial charge on any atom is -0.495 e. The Morgan fingerprint density at radius 2 is 1.92 bits per heavy atom. The second kappa shape index (κ2) is 12.1. The van der Waals surface area contributed by atoms with Gasteiger partial charge in [-0.15, -0.1) is 0 Å². The van der Waals surface area contributed by atoms with Gasteiger partial charge >= 0.3 is 0 Å². The highest BCUT2D eigenvalue weighted by Crippen LogP contribution is 2.33. The Morgan fingerprint density at radius 3 is 2.63 bits per heavy atom. The summed E-state index contributed by atoms with van der Waals surface area (Å²) < 4.78 is 5.56. The van der Waals surface area contributed by atoms with Crippen molar-refractivity contribution in [2.24, 2.45) is 0 Å². The number of methoxy groups -OCH3 is 1. The van der Waals surface area contributed by atoms with Crippen molar-refractivity contribution < 1.29 is 19.1 Å². The van der Waals surface area contributed by atoms with Gasteiger partial charge in [0.15, 0.2) is 5.82 Å². The third-order valence-corrected chi connectivity index (χ3v) is 7.03.